The molecule has 1 aliphatic carbocycles. The molecule has 1 rings (SSSR count). The fourth-order valence-electron chi connectivity index (χ4n) is 2.21. The van der Waals surface area contributed by atoms with Crippen molar-refractivity contribution in [3.8, 4) is 0 Å². The van der Waals surface area contributed by atoms with Crippen molar-refractivity contribution in [2.75, 3.05) is 27.2 Å². The van der Waals surface area contributed by atoms with E-state index in [-0.39, 0.29) is 18.5 Å². The van der Waals surface area contributed by atoms with Gasteiger partial charge in [0.05, 0.1) is 11.8 Å². The molecular formula is C12H21N3O4. The number of aliphatic carboxylic acids is 1. The molecule has 19 heavy (non-hydrogen) atoms. The summed E-state index contributed by atoms with van der Waals surface area (Å²) in [4.78, 5) is 35.4. The van der Waals surface area contributed by atoms with Crippen LogP contribution < -0.4 is 10.6 Å². The number of amides is 3. The van der Waals surface area contributed by atoms with Crippen LogP contribution in [0.5, 0.6) is 0 Å². The van der Waals surface area contributed by atoms with Crippen LogP contribution in [0.3, 0.4) is 0 Å². The molecule has 0 spiro atoms. The van der Waals surface area contributed by atoms with E-state index in [9.17, 15) is 14.4 Å². The second-order valence-electron chi connectivity index (χ2n) is 5.53. The van der Waals surface area contributed by atoms with Crippen LogP contribution in [0.1, 0.15) is 13.8 Å². The number of carbonyl (C=O) groups excluding carboxylic acids is 2. The number of urea groups is 1. The number of carbonyl (C=O) groups is 3. The second kappa shape index (κ2) is 5.46. The Kier molecular flexibility index (Phi) is 4.39. The molecule has 3 amide bonds. The van der Waals surface area contributed by atoms with Crippen LogP contribution in [0.15, 0.2) is 0 Å². The van der Waals surface area contributed by atoms with Gasteiger partial charge in [-0.15, -0.1) is 0 Å². The van der Waals surface area contributed by atoms with Crippen molar-refractivity contribution in [2.45, 2.75) is 13.8 Å². The van der Waals surface area contributed by atoms with Crippen LogP contribution in [-0.2, 0) is 9.59 Å². The summed E-state index contributed by atoms with van der Waals surface area (Å²) in [6.45, 7) is 4.14. The van der Waals surface area contributed by atoms with Crippen LogP contribution in [0.4, 0.5) is 4.79 Å². The summed E-state index contributed by atoms with van der Waals surface area (Å²) in [6.07, 6.45) is 0. The third-order valence-corrected chi connectivity index (χ3v) is 3.48. The first-order valence-corrected chi connectivity index (χ1v) is 6.15. The molecule has 0 saturated heterocycles. The molecule has 2 atom stereocenters. The zero-order valence-corrected chi connectivity index (χ0v) is 11.7. The van der Waals surface area contributed by atoms with E-state index in [0.29, 0.717) is 6.54 Å². The summed E-state index contributed by atoms with van der Waals surface area (Å²) in [5.41, 5.74) is -0.497. The lowest BCUT2D eigenvalue weighted by Crippen LogP contribution is -2.40. The molecule has 0 aromatic heterocycles. The van der Waals surface area contributed by atoms with Gasteiger partial charge in [-0.05, 0) is 5.41 Å². The molecule has 7 nitrogen and oxygen atoms in total. The SMILES string of the molecule is CN(C)C(=O)NCCNC(=O)[C@H]1[C@@H](C(=O)O)C1(C)C. The van der Waals surface area contributed by atoms with Gasteiger partial charge in [0, 0.05) is 27.2 Å². The van der Waals surface area contributed by atoms with Crippen molar-refractivity contribution in [1.29, 1.82) is 0 Å². The van der Waals surface area contributed by atoms with E-state index in [4.69, 9.17) is 5.11 Å². The molecule has 0 aliphatic heterocycles. The molecule has 0 aromatic rings. The lowest BCUT2D eigenvalue weighted by Gasteiger charge is -2.12. The third-order valence-electron chi connectivity index (χ3n) is 3.48. The van der Waals surface area contributed by atoms with Crippen LogP contribution in [-0.4, -0.2) is 55.1 Å². The summed E-state index contributed by atoms with van der Waals surface area (Å²) in [7, 11) is 3.25. The average Bonchev–Trinajstić information content (AvgIpc) is 2.87. The van der Waals surface area contributed by atoms with E-state index >= 15 is 0 Å². The monoisotopic (exact) mass is 271 g/mol. The van der Waals surface area contributed by atoms with Crippen LogP contribution in [0.2, 0.25) is 0 Å². The summed E-state index contributed by atoms with van der Waals surface area (Å²) in [5.74, 6) is -2.32. The molecule has 0 unspecified atom stereocenters. The standard InChI is InChI=1S/C12H21N3O4/c1-12(2)7(8(12)10(17)18)9(16)13-5-6-14-11(19)15(3)4/h7-8H,5-6H2,1-4H3,(H,13,16)(H,14,19)(H,17,18)/t7-,8+/m1/s1. The molecule has 0 aromatic carbocycles. The van der Waals surface area contributed by atoms with E-state index in [1.807, 2.05) is 0 Å². The molecule has 0 bridgehead atoms. The highest BCUT2D eigenvalue weighted by atomic mass is 16.4. The zero-order valence-electron chi connectivity index (χ0n) is 11.7. The van der Waals surface area contributed by atoms with Crippen LogP contribution in [0, 0.1) is 17.3 Å². The second-order valence-corrected chi connectivity index (χ2v) is 5.53. The van der Waals surface area contributed by atoms with Crippen LogP contribution >= 0.6 is 0 Å². The highest BCUT2D eigenvalue weighted by Crippen LogP contribution is 2.58. The van der Waals surface area contributed by atoms with E-state index in [0.717, 1.165) is 0 Å². The van der Waals surface area contributed by atoms with Gasteiger partial charge in [0.2, 0.25) is 5.91 Å². The van der Waals surface area contributed by atoms with E-state index < -0.39 is 23.2 Å². The Morgan fingerprint density at radius 2 is 1.63 bits per heavy atom. The summed E-state index contributed by atoms with van der Waals surface area (Å²) >= 11 is 0. The normalized spacial score (nSPS) is 23.4. The van der Waals surface area contributed by atoms with Gasteiger partial charge in [0.15, 0.2) is 0 Å². The van der Waals surface area contributed by atoms with Crippen molar-refractivity contribution in [3.05, 3.63) is 0 Å². The molecule has 1 aliphatic rings. The average molecular weight is 271 g/mol. The molecule has 0 radical (unpaired) electrons. The van der Waals surface area contributed by atoms with Gasteiger partial charge in [0.25, 0.3) is 0 Å². The lowest BCUT2D eigenvalue weighted by atomic mass is 10.1. The lowest BCUT2D eigenvalue weighted by molar-refractivity contribution is -0.140. The number of hydrogen-bond donors (Lipinski definition) is 3. The van der Waals surface area contributed by atoms with Crippen molar-refractivity contribution in [3.63, 3.8) is 0 Å². The largest absolute Gasteiger partial charge is 0.481 e. The van der Waals surface area contributed by atoms with Crippen LogP contribution in [0.25, 0.3) is 0 Å². The predicted octanol–water partition coefficient (Wildman–Crippen LogP) is -0.269. The van der Waals surface area contributed by atoms with Gasteiger partial charge in [-0.25, -0.2) is 4.79 Å². The minimum atomic E-state index is -0.939. The van der Waals surface area contributed by atoms with Crippen molar-refractivity contribution in [2.24, 2.45) is 17.3 Å². The first-order chi connectivity index (χ1) is 8.69. The number of nitrogens with one attached hydrogen (secondary N) is 2. The fourth-order valence-corrected chi connectivity index (χ4v) is 2.21. The number of carboxylic acids is 1. The molecule has 1 saturated carbocycles. The Morgan fingerprint density at radius 1 is 1.11 bits per heavy atom. The molecule has 108 valence electrons. The number of hydrogen-bond acceptors (Lipinski definition) is 3. The molecule has 3 N–H and O–H groups in total. The third kappa shape index (κ3) is 3.36. The summed E-state index contributed by atoms with van der Waals surface area (Å²) in [6, 6.07) is -0.232. The molecule has 1 fully saturated rings. The Hall–Kier alpha value is -1.79. The highest BCUT2D eigenvalue weighted by Gasteiger charge is 2.65. The maximum atomic E-state index is 11.8. The van der Waals surface area contributed by atoms with Gasteiger partial charge >= 0.3 is 12.0 Å². The van der Waals surface area contributed by atoms with Gasteiger partial charge < -0.3 is 20.6 Å². The minimum Gasteiger partial charge on any atom is -0.481 e. The topological polar surface area (TPSA) is 98.7 Å². The maximum Gasteiger partial charge on any atom is 0.316 e. The predicted molar refractivity (Wildman–Crippen MR) is 68.5 cm³/mol. The van der Waals surface area contributed by atoms with E-state index in [2.05, 4.69) is 10.6 Å². The fraction of sp³-hybridized carbons (Fsp3) is 0.750. The Morgan fingerprint density at radius 3 is 2.05 bits per heavy atom. The highest BCUT2D eigenvalue weighted by molar-refractivity contribution is 5.91. The van der Waals surface area contributed by atoms with E-state index in [1.165, 1.54) is 4.90 Å². The number of carboxylic acid groups (broad SMARTS) is 1. The Labute approximate surface area is 112 Å². The van der Waals surface area contributed by atoms with Crippen molar-refractivity contribution < 1.29 is 19.5 Å². The number of rotatable bonds is 5. The van der Waals surface area contributed by atoms with Crippen molar-refractivity contribution in [1.82, 2.24) is 15.5 Å². The van der Waals surface area contributed by atoms with Crippen molar-refractivity contribution >= 4 is 17.9 Å². The summed E-state index contributed by atoms with van der Waals surface area (Å²) < 4.78 is 0. The number of nitrogens with zero attached hydrogens (tertiary/aromatic N) is 1. The van der Waals surface area contributed by atoms with Gasteiger partial charge in [0.1, 0.15) is 0 Å². The summed E-state index contributed by atoms with van der Waals surface area (Å²) in [5, 5.41) is 14.2. The smallest absolute Gasteiger partial charge is 0.316 e. The minimum absolute atomic E-state index is 0.232. The Bertz CT molecular complexity index is 392. The first-order valence-electron chi connectivity index (χ1n) is 6.15. The maximum absolute atomic E-state index is 11.8. The van der Waals surface area contributed by atoms with Gasteiger partial charge in [-0.3, -0.25) is 9.59 Å². The Balaban J connectivity index is 2.30. The van der Waals surface area contributed by atoms with E-state index in [1.54, 1.807) is 27.9 Å². The molecule has 7 heteroatoms. The zero-order chi connectivity index (χ0) is 14.8. The molecular weight excluding hydrogens is 250 g/mol. The van der Waals surface area contributed by atoms with Gasteiger partial charge in [-0.2, -0.15) is 0 Å². The van der Waals surface area contributed by atoms with Gasteiger partial charge in [-0.1, -0.05) is 13.8 Å². The first kappa shape index (κ1) is 15.3. The quantitative estimate of drug-likeness (QED) is 0.599. The molecule has 0 heterocycles.